The van der Waals surface area contributed by atoms with Gasteiger partial charge in [-0.05, 0) is 24.5 Å². The van der Waals surface area contributed by atoms with Crippen molar-refractivity contribution >= 4 is 18.3 Å². The monoisotopic (exact) mass is 341 g/mol. The number of pyridine rings is 1. The molecular formula is C16H24ClN3O3. The molecule has 23 heavy (non-hydrogen) atoms. The van der Waals surface area contributed by atoms with Crippen LogP contribution < -0.4 is 5.32 Å². The van der Waals surface area contributed by atoms with Crippen LogP contribution in [0.2, 0.25) is 0 Å². The number of ether oxygens (including phenoxy) is 2. The first-order chi connectivity index (χ1) is 10.8. The molecule has 1 unspecified atom stereocenters. The molecule has 0 spiro atoms. The highest BCUT2D eigenvalue weighted by molar-refractivity contribution is 5.85. The molecule has 128 valence electrons. The van der Waals surface area contributed by atoms with E-state index in [1.165, 1.54) is 0 Å². The van der Waals surface area contributed by atoms with Crippen LogP contribution in [-0.4, -0.2) is 61.3 Å². The summed E-state index contributed by atoms with van der Waals surface area (Å²) >= 11 is 0. The van der Waals surface area contributed by atoms with E-state index >= 15 is 0 Å². The number of carbonyl (C=O) groups is 1. The zero-order valence-electron chi connectivity index (χ0n) is 13.1. The van der Waals surface area contributed by atoms with Crippen LogP contribution in [0.5, 0.6) is 0 Å². The van der Waals surface area contributed by atoms with Gasteiger partial charge in [0, 0.05) is 45.2 Å². The van der Waals surface area contributed by atoms with Gasteiger partial charge in [0.1, 0.15) is 6.61 Å². The summed E-state index contributed by atoms with van der Waals surface area (Å²) in [6.07, 6.45) is 5.48. The molecule has 6 nitrogen and oxygen atoms in total. The van der Waals surface area contributed by atoms with Gasteiger partial charge in [-0.2, -0.15) is 0 Å². The molecular weight excluding hydrogens is 318 g/mol. The topological polar surface area (TPSA) is 63.7 Å². The van der Waals surface area contributed by atoms with E-state index in [-0.39, 0.29) is 37.1 Å². The highest BCUT2D eigenvalue weighted by atomic mass is 35.5. The van der Waals surface area contributed by atoms with Crippen LogP contribution >= 0.6 is 12.4 Å². The van der Waals surface area contributed by atoms with Gasteiger partial charge in [-0.3, -0.25) is 9.78 Å². The third kappa shape index (κ3) is 4.88. The zero-order chi connectivity index (χ0) is 15.2. The van der Waals surface area contributed by atoms with Crippen molar-refractivity contribution in [2.24, 2.45) is 0 Å². The van der Waals surface area contributed by atoms with Gasteiger partial charge in [-0.1, -0.05) is 6.07 Å². The smallest absolute Gasteiger partial charge is 0.249 e. The second-order valence-corrected chi connectivity index (χ2v) is 5.72. The number of rotatable bonds is 4. The van der Waals surface area contributed by atoms with Crippen molar-refractivity contribution in [3.05, 3.63) is 30.1 Å². The summed E-state index contributed by atoms with van der Waals surface area (Å²) in [4.78, 5) is 18.6. The first-order valence-corrected chi connectivity index (χ1v) is 7.94. The Balaban J connectivity index is 0.00000192. The maximum atomic E-state index is 12.5. The van der Waals surface area contributed by atoms with Crippen LogP contribution in [0, 0.1) is 0 Å². The molecule has 0 bridgehead atoms. The maximum absolute atomic E-state index is 12.5. The van der Waals surface area contributed by atoms with E-state index in [1.807, 2.05) is 23.2 Å². The first kappa shape index (κ1) is 18.1. The van der Waals surface area contributed by atoms with E-state index in [0.717, 1.165) is 44.7 Å². The summed E-state index contributed by atoms with van der Waals surface area (Å²) in [5.74, 6) is 0.0573. The Morgan fingerprint density at radius 1 is 1.43 bits per heavy atom. The van der Waals surface area contributed by atoms with Crippen molar-refractivity contribution in [2.75, 3.05) is 39.5 Å². The number of hydrogen-bond donors (Lipinski definition) is 1. The third-order valence-electron chi connectivity index (χ3n) is 4.24. The summed E-state index contributed by atoms with van der Waals surface area (Å²) in [5, 5.41) is 3.34. The molecule has 1 aromatic heterocycles. The third-order valence-corrected chi connectivity index (χ3v) is 4.24. The van der Waals surface area contributed by atoms with E-state index in [1.54, 1.807) is 6.20 Å². The fourth-order valence-electron chi connectivity index (χ4n) is 2.99. The molecule has 7 heteroatoms. The standard InChI is InChI=1S/C16H23N3O3.ClH/c20-16(12-22-14-3-8-21-9-4-14)19-7-6-18-11-15(19)13-2-1-5-17-10-13;/h1-2,5,10,14-15,18H,3-4,6-9,11-12H2;1H. The first-order valence-electron chi connectivity index (χ1n) is 7.94. The molecule has 1 aromatic rings. The minimum Gasteiger partial charge on any atom is -0.381 e. The zero-order valence-corrected chi connectivity index (χ0v) is 14.0. The Morgan fingerprint density at radius 3 is 3.00 bits per heavy atom. The minimum atomic E-state index is 0. The highest BCUT2D eigenvalue weighted by Crippen LogP contribution is 2.22. The number of amides is 1. The van der Waals surface area contributed by atoms with Gasteiger partial charge in [0.2, 0.25) is 5.91 Å². The van der Waals surface area contributed by atoms with E-state index in [4.69, 9.17) is 9.47 Å². The van der Waals surface area contributed by atoms with Gasteiger partial charge in [0.15, 0.2) is 0 Å². The van der Waals surface area contributed by atoms with Crippen LogP contribution in [0.25, 0.3) is 0 Å². The fraction of sp³-hybridized carbons (Fsp3) is 0.625. The lowest BCUT2D eigenvalue weighted by Gasteiger charge is -2.36. The predicted molar refractivity (Wildman–Crippen MR) is 88.6 cm³/mol. The van der Waals surface area contributed by atoms with Gasteiger partial charge in [0.05, 0.1) is 12.1 Å². The van der Waals surface area contributed by atoms with Crippen molar-refractivity contribution in [3.8, 4) is 0 Å². The van der Waals surface area contributed by atoms with Gasteiger partial charge in [-0.15, -0.1) is 12.4 Å². The average Bonchev–Trinajstić information content (AvgIpc) is 2.61. The number of hydrogen-bond acceptors (Lipinski definition) is 5. The Labute approximate surface area is 143 Å². The van der Waals surface area contributed by atoms with Crippen molar-refractivity contribution in [1.29, 1.82) is 0 Å². The summed E-state index contributed by atoms with van der Waals surface area (Å²) in [6, 6.07) is 3.96. The van der Waals surface area contributed by atoms with Crippen LogP contribution in [0.3, 0.4) is 0 Å². The van der Waals surface area contributed by atoms with Gasteiger partial charge < -0.3 is 19.7 Å². The lowest BCUT2D eigenvalue weighted by atomic mass is 10.1. The van der Waals surface area contributed by atoms with Gasteiger partial charge in [-0.25, -0.2) is 0 Å². The van der Waals surface area contributed by atoms with E-state index in [9.17, 15) is 4.79 Å². The Morgan fingerprint density at radius 2 is 2.26 bits per heavy atom. The van der Waals surface area contributed by atoms with Crippen molar-refractivity contribution in [3.63, 3.8) is 0 Å². The fourth-order valence-corrected chi connectivity index (χ4v) is 2.99. The van der Waals surface area contributed by atoms with Crippen LogP contribution in [0.15, 0.2) is 24.5 Å². The number of nitrogens with one attached hydrogen (secondary N) is 1. The molecule has 0 aliphatic carbocycles. The number of piperazine rings is 1. The summed E-state index contributed by atoms with van der Waals surface area (Å²) in [6.45, 7) is 3.89. The van der Waals surface area contributed by atoms with Crippen molar-refractivity contribution in [1.82, 2.24) is 15.2 Å². The molecule has 3 rings (SSSR count). The van der Waals surface area contributed by atoms with Crippen LogP contribution in [-0.2, 0) is 14.3 Å². The average molecular weight is 342 g/mol. The molecule has 0 saturated carbocycles. The highest BCUT2D eigenvalue weighted by Gasteiger charge is 2.28. The van der Waals surface area contributed by atoms with Gasteiger partial charge in [0.25, 0.3) is 0 Å². The van der Waals surface area contributed by atoms with E-state index in [0.29, 0.717) is 6.54 Å². The molecule has 2 fully saturated rings. The molecule has 1 atom stereocenters. The Hall–Kier alpha value is -1.21. The molecule has 2 saturated heterocycles. The lowest BCUT2D eigenvalue weighted by molar-refractivity contribution is -0.143. The molecule has 1 amide bonds. The quantitative estimate of drug-likeness (QED) is 0.890. The number of carbonyl (C=O) groups excluding carboxylic acids is 1. The predicted octanol–water partition coefficient (Wildman–Crippen LogP) is 1.17. The largest absolute Gasteiger partial charge is 0.381 e. The van der Waals surface area contributed by atoms with Gasteiger partial charge >= 0.3 is 0 Å². The second kappa shape index (κ2) is 9.17. The number of halogens is 1. The lowest BCUT2D eigenvalue weighted by Crippen LogP contribution is -2.50. The molecule has 0 aromatic carbocycles. The molecule has 2 aliphatic rings. The summed E-state index contributed by atoms with van der Waals surface area (Å²) in [7, 11) is 0. The SMILES string of the molecule is Cl.O=C(COC1CCOCC1)N1CCNCC1c1cccnc1. The van der Waals surface area contributed by atoms with E-state index in [2.05, 4.69) is 10.3 Å². The summed E-state index contributed by atoms with van der Waals surface area (Å²) < 4.78 is 11.1. The van der Waals surface area contributed by atoms with Crippen molar-refractivity contribution < 1.29 is 14.3 Å². The number of nitrogens with zero attached hydrogens (tertiary/aromatic N) is 2. The number of aromatic nitrogens is 1. The van der Waals surface area contributed by atoms with Crippen molar-refractivity contribution in [2.45, 2.75) is 25.0 Å². The molecule has 1 N–H and O–H groups in total. The maximum Gasteiger partial charge on any atom is 0.249 e. The van der Waals surface area contributed by atoms with Crippen LogP contribution in [0.1, 0.15) is 24.4 Å². The summed E-state index contributed by atoms with van der Waals surface area (Å²) in [5.41, 5.74) is 1.06. The Kier molecular flexibility index (Phi) is 7.23. The second-order valence-electron chi connectivity index (χ2n) is 5.72. The molecule has 0 radical (unpaired) electrons. The van der Waals surface area contributed by atoms with E-state index < -0.39 is 0 Å². The molecule has 2 aliphatic heterocycles. The Bertz CT molecular complexity index is 483. The normalized spacial score (nSPS) is 22.4. The minimum absolute atomic E-state index is 0. The van der Waals surface area contributed by atoms with Crippen LogP contribution in [0.4, 0.5) is 0 Å². The molecule has 3 heterocycles.